The molecule has 0 aliphatic heterocycles. The standard InChI is InChI=1S/C20H33N5/c1-17(15-18-16-25-20-8-3-2-7-19(18)20)24-14-13-23-11-5-4-10-22-12-6-9-21/h2-3,7-8,16,22-25H,1,4-6,9-15,21H2. The van der Waals surface area contributed by atoms with Crippen LogP contribution in [0, 0.1) is 0 Å². The van der Waals surface area contributed by atoms with Crippen molar-refractivity contribution in [2.75, 3.05) is 39.3 Å². The van der Waals surface area contributed by atoms with E-state index in [1.54, 1.807) is 0 Å². The maximum absolute atomic E-state index is 5.46. The van der Waals surface area contributed by atoms with E-state index >= 15 is 0 Å². The number of allylic oxidation sites excluding steroid dienone is 1. The summed E-state index contributed by atoms with van der Waals surface area (Å²) in [4.78, 5) is 3.31. The van der Waals surface area contributed by atoms with Gasteiger partial charge in [-0.1, -0.05) is 24.8 Å². The Labute approximate surface area is 151 Å². The monoisotopic (exact) mass is 343 g/mol. The van der Waals surface area contributed by atoms with Gasteiger partial charge in [-0.15, -0.1) is 0 Å². The van der Waals surface area contributed by atoms with Crippen LogP contribution in [0.1, 0.15) is 24.8 Å². The van der Waals surface area contributed by atoms with Gasteiger partial charge in [0.2, 0.25) is 0 Å². The number of para-hydroxylation sites is 1. The van der Waals surface area contributed by atoms with Crippen LogP contribution < -0.4 is 21.7 Å². The quantitative estimate of drug-likeness (QED) is 0.341. The molecule has 0 fully saturated rings. The third kappa shape index (κ3) is 7.30. The Morgan fingerprint density at radius 2 is 1.68 bits per heavy atom. The van der Waals surface area contributed by atoms with Gasteiger partial charge in [-0.3, -0.25) is 0 Å². The molecular weight excluding hydrogens is 310 g/mol. The molecule has 138 valence electrons. The van der Waals surface area contributed by atoms with Crippen LogP contribution in [0.15, 0.2) is 42.7 Å². The molecule has 0 radical (unpaired) electrons. The Bertz CT molecular complexity index is 619. The van der Waals surface area contributed by atoms with E-state index in [-0.39, 0.29) is 0 Å². The summed E-state index contributed by atoms with van der Waals surface area (Å²) in [7, 11) is 0. The zero-order chi connectivity index (χ0) is 17.7. The van der Waals surface area contributed by atoms with Gasteiger partial charge in [0.15, 0.2) is 0 Å². The Morgan fingerprint density at radius 1 is 0.960 bits per heavy atom. The number of nitrogens with two attached hydrogens (primary N) is 1. The fraction of sp³-hybridized carbons (Fsp3) is 0.500. The molecule has 0 aliphatic carbocycles. The van der Waals surface area contributed by atoms with Crippen LogP contribution in [-0.2, 0) is 6.42 Å². The lowest BCUT2D eigenvalue weighted by molar-refractivity contribution is 0.570. The summed E-state index contributed by atoms with van der Waals surface area (Å²) >= 11 is 0. The van der Waals surface area contributed by atoms with E-state index in [2.05, 4.69) is 58.0 Å². The van der Waals surface area contributed by atoms with E-state index in [9.17, 15) is 0 Å². The average Bonchev–Trinajstić information content (AvgIpc) is 3.03. The maximum atomic E-state index is 5.46. The summed E-state index contributed by atoms with van der Waals surface area (Å²) in [6, 6.07) is 8.39. The molecule has 2 rings (SSSR count). The van der Waals surface area contributed by atoms with E-state index < -0.39 is 0 Å². The fourth-order valence-electron chi connectivity index (χ4n) is 2.87. The molecule has 5 nitrogen and oxygen atoms in total. The van der Waals surface area contributed by atoms with Crippen molar-refractivity contribution in [3.8, 4) is 0 Å². The Hall–Kier alpha value is -1.82. The molecule has 0 aliphatic rings. The minimum atomic E-state index is 0.771. The van der Waals surface area contributed by atoms with E-state index in [1.807, 2.05) is 0 Å². The molecule has 0 spiro atoms. The molecule has 0 atom stereocenters. The Kier molecular flexibility index (Phi) is 9.12. The summed E-state index contributed by atoms with van der Waals surface area (Å²) < 4.78 is 0. The van der Waals surface area contributed by atoms with Crippen molar-refractivity contribution in [2.45, 2.75) is 25.7 Å². The van der Waals surface area contributed by atoms with Gasteiger partial charge < -0.3 is 26.7 Å². The van der Waals surface area contributed by atoms with Crippen molar-refractivity contribution in [2.24, 2.45) is 5.73 Å². The highest BCUT2D eigenvalue weighted by Gasteiger charge is 2.04. The van der Waals surface area contributed by atoms with Crippen molar-refractivity contribution in [3.63, 3.8) is 0 Å². The topological polar surface area (TPSA) is 77.9 Å². The van der Waals surface area contributed by atoms with E-state index in [4.69, 9.17) is 5.73 Å². The van der Waals surface area contributed by atoms with Crippen LogP contribution in [0.2, 0.25) is 0 Å². The molecule has 1 aromatic heterocycles. The third-order valence-corrected chi connectivity index (χ3v) is 4.27. The Morgan fingerprint density at radius 3 is 2.48 bits per heavy atom. The number of aromatic amines is 1. The highest BCUT2D eigenvalue weighted by molar-refractivity contribution is 5.83. The Balaban J connectivity index is 1.49. The van der Waals surface area contributed by atoms with Crippen LogP contribution >= 0.6 is 0 Å². The van der Waals surface area contributed by atoms with Gasteiger partial charge in [-0.2, -0.15) is 0 Å². The predicted molar refractivity (Wildman–Crippen MR) is 108 cm³/mol. The normalized spacial score (nSPS) is 11.1. The molecule has 0 bridgehead atoms. The molecule has 25 heavy (non-hydrogen) atoms. The van der Waals surface area contributed by atoms with Crippen LogP contribution in [0.25, 0.3) is 10.9 Å². The number of rotatable bonds is 14. The van der Waals surface area contributed by atoms with Crippen molar-refractivity contribution < 1.29 is 0 Å². The first-order chi connectivity index (χ1) is 12.3. The molecule has 1 heterocycles. The number of aromatic nitrogens is 1. The summed E-state index contributed by atoms with van der Waals surface area (Å²) in [6.07, 6.45) is 6.41. The molecule has 5 heteroatoms. The van der Waals surface area contributed by atoms with E-state index in [1.165, 1.54) is 29.3 Å². The minimum absolute atomic E-state index is 0.771. The number of hydrogen-bond acceptors (Lipinski definition) is 4. The highest BCUT2D eigenvalue weighted by Crippen LogP contribution is 2.19. The second kappa shape index (κ2) is 11.7. The lowest BCUT2D eigenvalue weighted by Gasteiger charge is -2.10. The smallest absolute Gasteiger partial charge is 0.0456 e. The minimum Gasteiger partial charge on any atom is -0.387 e. The largest absolute Gasteiger partial charge is 0.387 e. The van der Waals surface area contributed by atoms with Gasteiger partial charge in [-0.05, 0) is 57.1 Å². The maximum Gasteiger partial charge on any atom is 0.0456 e. The van der Waals surface area contributed by atoms with Gasteiger partial charge in [-0.25, -0.2) is 0 Å². The predicted octanol–water partition coefficient (Wildman–Crippen LogP) is 2.12. The van der Waals surface area contributed by atoms with Crippen molar-refractivity contribution in [3.05, 3.63) is 48.3 Å². The summed E-state index contributed by atoms with van der Waals surface area (Å²) in [5.74, 6) is 0. The molecule has 0 saturated heterocycles. The number of fused-ring (bicyclic) bond motifs is 1. The zero-order valence-corrected chi connectivity index (χ0v) is 15.2. The van der Waals surface area contributed by atoms with Crippen molar-refractivity contribution in [1.82, 2.24) is 20.9 Å². The molecule has 0 saturated carbocycles. The highest BCUT2D eigenvalue weighted by atomic mass is 14.9. The number of nitrogens with one attached hydrogen (secondary N) is 4. The van der Waals surface area contributed by atoms with Crippen molar-refractivity contribution in [1.29, 1.82) is 0 Å². The number of benzene rings is 1. The SMILES string of the molecule is C=C(Cc1c[nH]c2ccccc12)NCCNCCCCNCCCN. The molecule has 1 aromatic carbocycles. The zero-order valence-electron chi connectivity index (χ0n) is 15.2. The summed E-state index contributed by atoms with van der Waals surface area (Å²) in [5.41, 5.74) is 9.00. The first kappa shape index (κ1) is 19.5. The number of unbranched alkanes of at least 4 members (excludes halogenated alkanes) is 1. The van der Waals surface area contributed by atoms with E-state index in [0.717, 1.165) is 57.8 Å². The van der Waals surface area contributed by atoms with Gasteiger partial charge in [0.25, 0.3) is 0 Å². The average molecular weight is 344 g/mol. The first-order valence-electron chi connectivity index (χ1n) is 9.39. The second-order valence-electron chi connectivity index (χ2n) is 6.42. The van der Waals surface area contributed by atoms with Gasteiger partial charge >= 0.3 is 0 Å². The van der Waals surface area contributed by atoms with Gasteiger partial charge in [0.1, 0.15) is 0 Å². The van der Waals surface area contributed by atoms with Crippen LogP contribution in [-0.4, -0.2) is 44.3 Å². The summed E-state index contributed by atoms with van der Waals surface area (Å²) in [5, 5.41) is 11.6. The van der Waals surface area contributed by atoms with Crippen LogP contribution in [0.4, 0.5) is 0 Å². The van der Waals surface area contributed by atoms with Crippen LogP contribution in [0.5, 0.6) is 0 Å². The second-order valence-corrected chi connectivity index (χ2v) is 6.42. The van der Waals surface area contributed by atoms with Gasteiger partial charge in [0, 0.05) is 42.3 Å². The third-order valence-electron chi connectivity index (χ3n) is 4.27. The van der Waals surface area contributed by atoms with Crippen molar-refractivity contribution >= 4 is 10.9 Å². The molecule has 6 N–H and O–H groups in total. The first-order valence-corrected chi connectivity index (χ1v) is 9.39. The number of H-pyrrole nitrogens is 1. The fourth-order valence-corrected chi connectivity index (χ4v) is 2.87. The molecular formula is C20H33N5. The molecule has 0 unspecified atom stereocenters. The number of hydrogen-bond donors (Lipinski definition) is 5. The lowest BCUT2D eigenvalue weighted by atomic mass is 10.1. The van der Waals surface area contributed by atoms with E-state index in [0.29, 0.717) is 0 Å². The molecule has 0 amide bonds. The molecule has 2 aromatic rings. The lowest BCUT2D eigenvalue weighted by Crippen LogP contribution is -2.28. The van der Waals surface area contributed by atoms with Crippen LogP contribution in [0.3, 0.4) is 0 Å². The summed E-state index contributed by atoms with van der Waals surface area (Å²) in [6.45, 7) is 9.98. The van der Waals surface area contributed by atoms with Gasteiger partial charge in [0.05, 0.1) is 0 Å².